The van der Waals surface area contributed by atoms with Crippen LogP contribution in [0, 0.1) is 12.7 Å². The first kappa shape index (κ1) is 18.4. The number of nitrogens with two attached hydrogens (primary N) is 1. The Morgan fingerprint density at radius 3 is 2.85 bits per heavy atom. The van der Waals surface area contributed by atoms with Gasteiger partial charge in [0.1, 0.15) is 11.4 Å². The number of halogens is 1. The molecule has 0 bridgehead atoms. The summed E-state index contributed by atoms with van der Waals surface area (Å²) in [5.74, 6) is -0.434. The Kier molecular flexibility index (Phi) is 5.68. The van der Waals surface area contributed by atoms with E-state index in [1.54, 1.807) is 43.6 Å². The van der Waals surface area contributed by atoms with E-state index in [0.717, 1.165) is 0 Å². The van der Waals surface area contributed by atoms with Gasteiger partial charge in [-0.25, -0.2) is 9.37 Å². The van der Waals surface area contributed by atoms with Gasteiger partial charge < -0.3 is 16.2 Å². The summed E-state index contributed by atoms with van der Waals surface area (Å²) in [7, 11) is 0. The SMILES string of the molecule is Cc1ccc(F)c(-c2cc(Nc3ccnc(C=NCCO)c3N)ccn2)n1. The van der Waals surface area contributed by atoms with Crippen molar-refractivity contribution in [2.75, 3.05) is 24.2 Å². The Balaban J connectivity index is 1.89. The van der Waals surface area contributed by atoms with E-state index >= 15 is 0 Å². The third kappa shape index (κ3) is 4.42. The first-order valence-electron chi connectivity index (χ1n) is 8.30. The maximum Gasteiger partial charge on any atom is 0.151 e. The molecule has 0 fully saturated rings. The van der Waals surface area contributed by atoms with Crippen LogP contribution in [-0.4, -0.2) is 39.4 Å². The summed E-state index contributed by atoms with van der Waals surface area (Å²) in [4.78, 5) is 16.6. The minimum absolute atomic E-state index is 0.0440. The van der Waals surface area contributed by atoms with Gasteiger partial charge in [0.2, 0.25) is 0 Å². The van der Waals surface area contributed by atoms with Crippen molar-refractivity contribution in [1.29, 1.82) is 0 Å². The number of aliphatic hydroxyl groups is 1. The summed E-state index contributed by atoms with van der Waals surface area (Å²) in [5, 5.41) is 12.0. The molecular weight excluding hydrogens is 347 g/mol. The van der Waals surface area contributed by atoms with Crippen LogP contribution in [0.3, 0.4) is 0 Å². The minimum atomic E-state index is -0.434. The largest absolute Gasteiger partial charge is 0.395 e. The predicted octanol–water partition coefficient (Wildman–Crippen LogP) is 2.72. The molecule has 3 heterocycles. The zero-order chi connectivity index (χ0) is 19.2. The molecule has 0 amide bonds. The van der Waals surface area contributed by atoms with Crippen LogP contribution in [0.5, 0.6) is 0 Å². The second-order valence-electron chi connectivity index (χ2n) is 5.75. The number of anilines is 3. The summed E-state index contributed by atoms with van der Waals surface area (Å²) in [6.07, 6.45) is 4.69. The first-order chi connectivity index (χ1) is 13.1. The van der Waals surface area contributed by atoms with E-state index in [1.807, 2.05) is 0 Å². The quantitative estimate of drug-likeness (QED) is 0.579. The van der Waals surface area contributed by atoms with E-state index in [0.29, 0.717) is 34.1 Å². The van der Waals surface area contributed by atoms with Crippen LogP contribution in [-0.2, 0) is 0 Å². The molecule has 138 valence electrons. The molecule has 27 heavy (non-hydrogen) atoms. The highest BCUT2D eigenvalue weighted by Gasteiger charge is 2.10. The van der Waals surface area contributed by atoms with Gasteiger partial charge in [-0.05, 0) is 37.3 Å². The smallest absolute Gasteiger partial charge is 0.151 e. The van der Waals surface area contributed by atoms with Crippen molar-refractivity contribution in [2.24, 2.45) is 4.99 Å². The number of hydrogen-bond acceptors (Lipinski definition) is 7. The Labute approximate surface area is 155 Å². The van der Waals surface area contributed by atoms with Gasteiger partial charge in [-0.2, -0.15) is 0 Å². The van der Waals surface area contributed by atoms with E-state index < -0.39 is 5.82 Å². The van der Waals surface area contributed by atoms with Gasteiger partial charge in [0, 0.05) is 30.0 Å². The number of aromatic nitrogens is 3. The zero-order valence-electron chi connectivity index (χ0n) is 14.7. The molecule has 0 saturated heterocycles. The average Bonchev–Trinajstić information content (AvgIpc) is 2.67. The lowest BCUT2D eigenvalue weighted by Crippen LogP contribution is -2.03. The maximum absolute atomic E-state index is 14.1. The lowest BCUT2D eigenvalue weighted by atomic mass is 10.2. The van der Waals surface area contributed by atoms with Crippen LogP contribution in [0.2, 0.25) is 0 Å². The van der Waals surface area contributed by atoms with Gasteiger partial charge in [0.05, 0.1) is 30.2 Å². The van der Waals surface area contributed by atoms with Gasteiger partial charge in [-0.1, -0.05) is 0 Å². The molecule has 0 unspecified atom stereocenters. The normalized spacial score (nSPS) is 11.1. The van der Waals surface area contributed by atoms with E-state index in [1.165, 1.54) is 12.3 Å². The van der Waals surface area contributed by atoms with Gasteiger partial charge in [0.15, 0.2) is 5.82 Å². The third-order valence-electron chi connectivity index (χ3n) is 3.73. The van der Waals surface area contributed by atoms with E-state index in [-0.39, 0.29) is 18.8 Å². The van der Waals surface area contributed by atoms with Gasteiger partial charge in [0.25, 0.3) is 0 Å². The molecule has 0 aromatic carbocycles. The molecule has 8 heteroatoms. The van der Waals surface area contributed by atoms with Crippen molar-refractivity contribution in [3.8, 4) is 11.4 Å². The maximum atomic E-state index is 14.1. The fourth-order valence-electron chi connectivity index (χ4n) is 2.42. The van der Waals surface area contributed by atoms with Crippen LogP contribution in [0.15, 0.2) is 47.7 Å². The van der Waals surface area contributed by atoms with Crippen molar-refractivity contribution in [1.82, 2.24) is 15.0 Å². The molecule has 3 rings (SSSR count). The van der Waals surface area contributed by atoms with Crippen LogP contribution in [0.4, 0.5) is 21.5 Å². The van der Waals surface area contributed by atoms with Crippen molar-refractivity contribution in [3.05, 3.63) is 59.9 Å². The molecule has 3 aromatic heterocycles. The monoisotopic (exact) mass is 366 g/mol. The minimum Gasteiger partial charge on any atom is -0.395 e. The molecular formula is C19H19FN6O. The fraction of sp³-hybridized carbons (Fsp3) is 0.158. The average molecular weight is 366 g/mol. The Bertz CT molecular complexity index is 976. The highest BCUT2D eigenvalue weighted by atomic mass is 19.1. The number of nitrogens with one attached hydrogen (secondary N) is 1. The highest BCUT2D eigenvalue weighted by molar-refractivity contribution is 5.90. The Morgan fingerprint density at radius 1 is 1.22 bits per heavy atom. The van der Waals surface area contributed by atoms with Crippen molar-refractivity contribution >= 4 is 23.3 Å². The highest BCUT2D eigenvalue weighted by Crippen LogP contribution is 2.27. The number of nitrogens with zero attached hydrogens (tertiary/aromatic N) is 4. The number of nitrogen functional groups attached to an aromatic ring is 1. The lowest BCUT2D eigenvalue weighted by molar-refractivity contribution is 0.307. The molecule has 0 spiro atoms. The predicted molar refractivity (Wildman–Crippen MR) is 104 cm³/mol. The Morgan fingerprint density at radius 2 is 2.04 bits per heavy atom. The topological polar surface area (TPSA) is 109 Å². The lowest BCUT2D eigenvalue weighted by Gasteiger charge is -2.11. The van der Waals surface area contributed by atoms with Crippen LogP contribution >= 0.6 is 0 Å². The molecule has 0 aliphatic heterocycles. The summed E-state index contributed by atoms with van der Waals surface area (Å²) in [5.41, 5.74) is 9.67. The molecule has 7 nitrogen and oxygen atoms in total. The summed E-state index contributed by atoms with van der Waals surface area (Å²) < 4.78 is 14.1. The number of aryl methyl sites for hydroxylation is 1. The number of rotatable bonds is 6. The molecule has 0 radical (unpaired) electrons. The second-order valence-corrected chi connectivity index (χ2v) is 5.75. The third-order valence-corrected chi connectivity index (χ3v) is 3.73. The molecule has 0 aliphatic rings. The van der Waals surface area contributed by atoms with Crippen LogP contribution < -0.4 is 11.1 Å². The molecule has 0 aliphatic carbocycles. The first-order valence-corrected chi connectivity index (χ1v) is 8.30. The number of aliphatic imine (C=N–C) groups is 1. The zero-order valence-corrected chi connectivity index (χ0v) is 14.7. The molecule has 3 aromatic rings. The fourth-order valence-corrected chi connectivity index (χ4v) is 2.42. The van der Waals surface area contributed by atoms with Crippen LogP contribution in [0.25, 0.3) is 11.4 Å². The standard InChI is InChI=1S/C19H19FN6O/c1-12-2-3-14(20)19(25-12)16-10-13(4-6-23-16)26-15-5-7-24-17(18(15)21)11-22-8-9-27/h2-7,10-11,27H,8-9,21H2,1H3,(H,23,24,26). The summed E-state index contributed by atoms with van der Waals surface area (Å²) in [6.45, 7) is 2.03. The number of pyridine rings is 3. The second kappa shape index (κ2) is 8.33. The summed E-state index contributed by atoms with van der Waals surface area (Å²) in [6, 6.07) is 8.15. The van der Waals surface area contributed by atoms with Crippen molar-refractivity contribution in [3.63, 3.8) is 0 Å². The summed E-state index contributed by atoms with van der Waals surface area (Å²) >= 11 is 0. The molecule has 0 saturated carbocycles. The Hall–Kier alpha value is -3.39. The van der Waals surface area contributed by atoms with E-state index in [9.17, 15) is 4.39 Å². The van der Waals surface area contributed by atoms with Crippen LogP contribution in [0.1, 0.15) is 11.4 Å². The van der Waals surface area contributed by atoms with E-state index in [4.69, 9.17) is 10.8 Å². The van der Waals surface area contributed by atoms with Gasteiger partial charge in [-0.3, -0.25) is 15.0 Å². The molecule has 4 N–H and O–H groups in total. The van der Waals surface area contributed by atoms with Gasteiger partial charge in [-0.15, -0.1) is 0 Å². The van der Waals surface area contributed by atoms with Crippen molar-refractivity contribution in [2.45, 2.75) is 6.92 Å². The van der Waals surface area contributed by atoms with Gasteiger partial charge >= 0.3 is 0 Å². The number of hydrogen-bond donors (Lipinski definition) is 3. The van der Waals surface area contributed by atoms with E-state index in [2.05, 4.69) is 25.3 Å². The molecule has 0 atom stereocenters. The number of aliphatic hydroxyl groups excluding tert-OH is 1. The van der Waals surface area contributed by atoms with Crippen molar-refractivity contribution < 1.29 is 9.50 Å².